The number of hydrogen-bond donors (Lipinski definition) is 1. The van der Waals surface area contributed by atoms with E-state index in [1.807, 2.05) is 6.92 Å². The van der Waals surface area contributed by atoms with Gasteiger partial charge in [-0.2, -0.15) is 0 Å². The van der Waals surface area contributed by atoms with Crippen LogP contribution in [0, 0.1) is 6.92 Å². The summed E-state index contributed by atoms with van der Waals surface area (Å²) in [4.78, 5) is 35.4. The molecule has 0 unspecified atom stereocenters. The van der Waals surface area contributed by atoms with Gasteiger partial charge in [0.1, 0.15) is 10.7 Å². The molecule has 4 heterocycles. The van der Waals surface area contributed by atoms with Crippen molar-refractivity contribution in [2.45, 2.75) is 39.2 Å². The van der Waals surface area contributed by atoms with Crippen LogP contribution in [0.1, 0.15) is 40.3 Å². The van der Waals surface area contributed by atoms with Gasteiger partial charge in [0.2, 0.25) is 0 Å². The van der Waals surface area contributed by atoms with Crippen molar-refractivity contribution in [1.29, 1.82) is 0 Å². The molecule has 1 aliphatic rings. The maximum Gasteiger partial charge on any atom is 0.267 e. The van der Waals surface area contributed by atoms with E-state index < -0.39 is 0 Å². The van der Waals surface area contributed by atoms with Crippen LogP contribution in [0.4, 0.5) is 5.13 Å². The van der Waals surface area contributed by atoms with Gasteiger partial charge in [-0.1, -0.05) is 6.42 Å². The number of thiophene rings is 1. The normalized spacial score (nSPS) is 14.4. The van der Waals surface area contributed by atoms with Crippen molar-refractivity contribution in [3.8, 4) is 0 Å². The third kappa shape index (κ3) is 2.55. The Kier molecular flexibility index (Phi) is 3.93. The monoisotopic (exact) mass is 360 g/mol. The Hall–Kier alpha value is -2.06. The number of nitrogens with one attached hydrogen (secondary N) is 1. The van der Waals surface area contributed by atoms with E-state index in [9.17, 15) is 9.59 Å². The Bertz CT molecular complexity index is 972. The summed E-state index contributed by atoms with van der Waals surface area (Å²) in [5, 5.41) is 5.72. The average Bonchev–Trinajstić information content (AvgIpc) is 3.09. The fourth-order valence-corrected chi connectivity index (χ4v) is 4.68. The SMILES string of the molecule is Cc1c(C(=O)Nc2nccs2)sc2nc3n(c(=O)c12)CCCCC3. The van der Waals surface area contributed by atoms with Crippen molar-refractivity contribution in [3.05, 3.63) is 38.2 Å². The fourth-order valence-electron chi connectivity index (χ4n) is 3.07. The van der Waals surface area contributed by atoms with Gasteiger partial charge >= 0.3 is 0 Å². The molecule has 1 aliphatic heterocycles. The molecule has 0 aromatic carbocycles. The first-order chi connectivity index (χ1) is 11.6. The zero-order valence-electron chi connectivity index (χ0n) is 13.2. The van der Waals surface area contributed by atoms with Crippen molar-refractivity contribution < 1.29 is 4.79 Å². The van der Waals surface area contributed by atoms with E-state index in [0.29, 0.717) is 32.3 Å². The number of nitrogens with zero attached hydrogens (tertiary/aromatic N) is 3. The highest BCUT2D eigenvalue weighted by atomic mass is 32.1. The van der Waals surface area contributed by atoms with E-state index in [4.69, 9.17) is 0 Å². The second-order valence-corrected chi connectivity index (χ2v) is 7.72. The summed E-state index contributed by atoms with van der Waals surface area (Å²) >= 11 is 2.65. The second-order valence-electron chi connectivity index (χ2n) is 5.82. The van der Waals surface area contributed by atoms with Crippen LogP contribution in [0.3, 0.4) is 0 Å². The van der Waals surface area contributed by atoms with Crippen molar-refractivity contribution in [2.24, 2.45) is 0 Å². The van der Waals surface area contributed by atoms with Crippen LogP contribution in [0.25, 0.3) is 10.2 Å². The first kappa shape index (κ1) is 15.5. The number of carbonyl (C=O) groups is 1. The van der Waals surface area contributed by atoms with Gasteiger partial charge in [0.05, 0.1) is 10.3 Å². The maximum atomic E-state index is 12.9. The molecule has 24 heavy (non-hydrogen) atoms. The minimum absolute atomic E-state index is 0.0149. The summed E-state index contributed by atoms with van der Waals surface area (Å²) in [7, 11) is 0. The molecule has 0 aliphatic carbocycles. The number of thiazole rings is 1. The standard InChI is InChI=1S/C16H16N4O2S2/c1-9-11-14(18-10-5-3-2-4-7-20(10)15(11)22)24-12(9)13(21)19-16-17-6-8-23-16/h6,8H,2-5,7H2,1H3,(H,17,19,21). The Morgan fingerprint density at radius 2 is 2.21 bits per heavy atom. The number of aromatic nitrogens is 3. The van der Waals surface area contributed by atoms with Crippen molar-refractivity contribution in [1.82, 2.24) is 14.5 Å². The van der Waals surface area contributed by atoms with Gasteiger partial charge in [0.25, 0.3) is 11.5 Å². The molecule has 1 amide bonds. The van der Waals surface area contributed by atoms with Gasteiger partial charge < -0.3 is 0 Å². The van der Waals surface area contributed by atoms with Crippen molar-refractivity contribution in [2.75, 3.05) is 5.32 Å². The van der Waals surface area contributed by atoms with E-state index >= 15 is 0 Å². The molecule has 4 rings (SSSR count). The van der Waals surface area contributed by atoms with Gasteiger partial charge in [0.15, 0.2) is 5.13 Å². The quantitative estimate of drug-likeness (QED) is 0.761. The van der Waals surface area contributed by atoms with Crippen LogP contribution < -0.4 is 10.9 Å². The Morgan fingerprint density at radius 3 is 3.00 bits per heavy atom. The molecular weight excluding hydrogens is 344 g/mol. The number of fused-ring (bicyclic) bond motifs is 2. The topological polar surface area (TPSA) is 76.9 Å². The molecule has 0 fully saturated rings. The van der Waals surface area contributed by atoms with Crippen LogP contribution in [0.5, 0.6) is 0 Å². The number of amides is 1. The van der Waals surface area contributed by atoms with E-state index in [1.165, 1.54) is 22.7 Å². The summed E-state index contributed by atoms with van der Waals surface area (Å²) in [6.45, 7) is 2.54. The number of rotatable bonds is 2. The van der Waals surface area contributed by atoms with E-state index in [-0.39, 0.29) is 11.5 Å². The molecule has 3 aromatic heterocycles. The van der Waals surface area contributed by atoms with Crippen molar-refractivity contribution >= 4 is 43.9 Å². The summed E-state index contributed by atoms with van der Waals surface area (Å²) in [6.07, 6.45) is 5.64. The Labute approximate surface area is 146 Å². The minimum Gasteiger partial charge on any atom is -0.297 e. The molecule has 3 aromatic rings. The lowest BCUT2D eigenvalue weighted by molar-refractivity contribution is 0.103. The van der Waals surface area contributed by atoms with Crippen molar-refractivity contribution in [3.63, 3.8) is 0 Å². The molecule has 0 atom stereocenters. The highest BCUT2D eigenvalue weighted by Crippen LogP contribution is 2.29. The third-order valence-corrected chi connectivity index (χ3v) is 6.14. The molecule has 124 valence electrons. The van der Waals surface area contributed by atoms with E-state index in [2.05, 4.69) is 15.3 Å². The Morgan fingerprint density at radius 1 is 1.33 bits per heavy atom. The summed E-state index contributed by atoms with van der Waals surface area (Å²) in [5.41, 5.74) is 0.694. The number of anilines is 1. The first-order valence-corrected chi connectivity index (χ1v) is 9.58. The maximum absolute atomic E-state index is 12.9. The van der Waals surface area contributed by atoms with Crippen LogP contribution in [-0.4, -0.2) is 20.4 Å². The van der Waals surface area contributed by atoms with E-state index in [1.54, 1.807) is 16.1 Å². The van der Waals surface area contributed by atoms with Crippen LogP contribution in [-0.2, 0) is 13.0 Å². The average molecular weight is 360 g/mol. The summed E-state index contributed by atoms with van der Waals surface area (Å²) in [6, 6.07) is 0. The van der Waals surface area contributed by atoms with Gasteiger partial charge in [0, 0.05) is 24.5 Å². The van der Waals surface area contributed by atoms with E-state index in [0.717, 1.165) is 31.5 Å². The lowest BCUT2D eigenvalue weighted by atomic mass is 10.2. The first-order valence-electron chi connectivity index (χ1n) is 7.89. The zero-order valence-corrected chi connectivity index (χ0v) is 14.8. The van der Waals surface area contributed by atoms with Gasteiger partial charge in [-0.3, -0.25) is 19.5 Å². The van der Waals surface area contributed by atoms with Crippen LogP contribution in [0.15, 0.2) is 16.4 Å². The molecule has 0 bridgehead atoms. The predicted octanol–water partition coefficient (Wildman–Crippen LogP) is 3.20. The lowest BCUT2D eigenvalue weighted by Gasteiger charge is -2.08. The number of carbonyl (C=O) groups excluding carboxylic acids is 1. The number of hydrogen-bond acceptors (Lipinski definition) is 6. The highest BCUT2D eigenvalue weighted by molar-refractivity contribution is 7.21. The predicted molar refractivity (Wildman–Crippen MR) is 96.2 cm³/mol. The van der Waals surface area contributed by atoms with Gasteiger partial charge in [-0.25, -0.2) is 9.97 Å². The Balaban J connectivity index is 1.81. The van der Waals surface area contributed by atoms with Gasteiger partial charge in [-0.15, -0.1) is 22.7 Å². The molecule has 0 spiro atoms. The van der Waals surface area contributed by atoms with Crippen LogP contribution in [0.2, 0.25) is 0 Å². The molecule has 0 saturated heterocycles. The number of aryl methyl sites for hydroxylation is 2. The second kappa shape index (κ2) is 6.10. The summed E-state index contributed by atoms with van der Waals surface area (Å²) < 4.78 is 1.79. The van der Waals surface area contributed by atoms with Gasteiger partial charge in [-0.05, 0) is 25.3 Å². The molecule has 0 saturated carbocycles. The lowest BCUT2D eigenvalue weighted by Crippen LogP contribution is -2.24. The highest BCUT2D eigenvalue weighted by Gasteiger charge is 2.22. The minimum atomic E-state index is -0.231. The molecule has 8 heteroatoms. The third-order valence-electron chi connectivity index (χ3n) is 4.27. The zero-order chi connectivity index (χ0) is 16.7. The summed E-state index contributed by atoms with van der Waals surface area (Å²) in [5.74, 6) is 0.614. The smallest absolute Gasteiger partial charge is 0.267 e. The molecule has 0 radical (unpaired) electrons. The largest absolute Gasteiger partial charge is 0.297 e. The molecule has 1 N–H and O–H groups in total. The van der Waals surface area contributed by atoms with Crippen LogP contribution >= 0.6 is 22.7 Å². The molecular formula is C16H16N4O2S2. The fraction of sp³-hybridized carbons (Fsp3) is 0.375. The molecule has 6 nitrogen and oxygen atoms in total.